The van der Waals surface area contributed by atoms with E-state index in [1.807, 2.05) is 20.8 Å². The number of para-hydroxylation sites is 1. The van der Waals surface area contributed by atoms with Crippen molar-refractivity contribution in [1.82, 2.24) is 5.32 Å². The molecule has 1 atom stereocenters. The number of nitrogens with one attached hydrogen (secondary N) is 2. The van der Waals surface area contributed by atoms with Gasteiger partial charge < -0.3 is 15.4 Å². The van der Waals surface area contributed by atoms with E-state index in [0.29, 0.717) is 29.2 Å². The van der Waals surface area contributed by atoms with E-state index in [2.05, 4.69) is 10.6 Å². The zero-order valence-corrected chi connectivity index (χ0v) is 16.6. The fourth-order valence-electron chi connectivity index (χ4n) is 2.70. The number of anilines is 1. The van der Waals surface area contributed by atoms with E-state index >= 15 is 0 Å². The number of amides is 2. The van der Waals surface area contributed by atoms with Crippen LogP contribution < -0.4 is 15.4 Å². The average molecular weight is 382 g/mol. The molecule has 0 heterocycles. The van der Waals surface area contributed by atoms with Crippen molar-refractivity contribution in [3.8, 4) is 5.75 Å². The quantitative estimate of drug-likeness (QED) is 0.682. The van der Waals surface area contributed by atoms with Gasteiger partial charge in [0.05, 0.1) is 12.2 Å². The van der Waals surface area contributed by atoms with Crippen molar-refractivity contribution in [1.29, 1.82) is 0 Å². The molecule has 2 amide bonds. The molecule has 2 aromatic carbocycles. The van der Waals surface area contributed by atoms with Gasteiger partial charge in [0, 0.05) is 11.3 Å². The lowest BCUT2D eigenvalue weighted by Gasteiger charge is -2.22. The first kappa shape index (κ1) is 21.2. The van der Waals surface area contributed by atoms with E-state index in [9.17, 15) is 14.4 Å². The summed E-state index contributed by atoms with van der Waals surface area (Å²) in [4.78, 5) is 36.8. The number of ketones is 1. The molecule has 0 aliphatic rings. The summed E-state index contributed by atoms with van der Waals surface area (Å²) in [6.07, 6.45) is 0. The minimum Gasteiger partial charge on any atom is -0.493 e. The van der Waals surface area contributed by atoms with Gasteiger partial charge in [0.15, 0.2) is 5.78 Å². The summed E-state index contributed by atoms with van der Waals surface area (Å²) in [6, 6.07) is 12.8. The molecule has 0 aliphatic heterocycles. The largest absolute Gasteiger partial charge is 0.493 e. The van der Waals surface area contributed by atoms with Crippen LogP contribution in [0.1, 0.15) is 48.4 Å². The van der Waals surface area contributed by atoms with E-state index in [0.717, 1.165) is 0 Å². The van der Waals surface area contributed by atoms with Crippen molar-refractivity contribution in [3.63, 3.8) is 0 Å². The van der Waals surface area contributed by atoms with Crippen LogP contribution >= 0.6 is 0 Å². The molecule has 0 spiro atoms. The molecule has 0 aliphatic carbocycles. The minimum atomic E-state index is -0.727. The van der Waals surface area contributed by atoms with Gasteiger partial charge >= 0.3 is 0 Å². The Morgan fingerprint density at radius 1 is 1.00 bits per heavy atom. The number of carbonyl (C=O) groups excluding carboxylic acids is 3. The Kier molecular flexibility index (Phi) is 7.32. The molecule has 2 N–H and O–H groups in total. The first-order valence-electron chi connectivity index (χ1n) is 9.28. The zero-order valence-electron chi connectivity index (χ0n) is 16.6. The molecule has 2 aromatic rings. The second-order valence-corrected chi connectivity index (χ2v) is 6.75. The van der Waals surface area contributed by atoms with Crippen LogP contribution in [0.15, 0.2) is 48.5 Å². The SMILES string of the molecule is CCOc1ccccc1C(=O)N[C@H](C(=O)Nc1ccc(C(C)=O)cc1)C(C)C. The van der Waals surface area contributed by atoms with E-state index in [1.54, 1.807) is 48.5 Å². The fourth-order valence-corrected chi connectivity index (χ4v) is 2.70. The van der Waals surface area contributed by atoms with Gasteiger partial charge in [-0.25, -0.2) is 0 Å². The smallest absolute Gasteiger partial charge is 0.255 e. The Morgan fingerprint density at radius 2 is 1.64 bits per heavy atom. The highest BCUT2D eigenvalue weighted by Gasteiger charge is 2.26. The molecule has 0 saturated carbocycles. The van der Waals surface area contributed by atoms with Gasteiger partial charge in [-0.3, -0.25) is 14.4 Å². The molecule has 0 saturated heterocycles. The third kappa shape index (κ3) is 5.42. The van der Waals surface area contributed by atoms with Crippen molar-refractivity contribution < 1.29 is 19.1 Å². The van der Waals surface area contributed by atoms with E-state index in [4.69, 9.17) is 4.74 Å². The lowest BCUT2D eigenvalue weighted by molar-refractivity contribution is -0.118. The molecule has 28 heavy (non-hydrogen) atoms. The molecular weight excluding hydrogens is 356 g/mol. The third-order valence-corrected chi connectivity index (χ3v) is 4.23. The normalized spacial score (nSPS) is 11.6. The van der Waals surface area contributed by atoms with Gasteiger partial charge in [-0.1, -0.05) is 26.0 Å². The van der Waals surface area contributed by atoms with Crippen molar-refractivity contribution in [2.75, 3.05) is 11.9 Å². The van der Waals surface area contributed by atoms with E-state index < -0.39 is 6.04 Å². The van der Waals surface area contributed by atoms with Crippen LogP contribution in [0.25, 0.3) is 0 Å². The summed E-state index contributed by atoms with van der Waals surface area (Å²) in [5, 5.41) is 5.59. The summed E-state index contributed by atoms with van der Waals surface area (Å²) in [6.45, 7) is 7.48. The first-order chi connectivity index (χ1) is 13.3. The third-order valence-electron chi connectivity index (χ3n) is 4.23. The topological polar surface area (TPSA) is 84.5 Å². The summed E-state index contributed by atoms with van der Waals surface area (Å²) < 4.78 is 5.50. The van der Waals surface area contributed by atoms with Crippen LogP contribution in [0.2, 0.25) is 0 Å². The lowest BCUT2D eigenvalue weighted by Crippen LogP contribution is -2.47. The van der Waals surface area contributed by atoms with Gasteiger partial charge in [0.1, 0.15) is 11.8 Å². The molecular formula is C22H26N2O4. The summed E-state index contributed by atoms with van der Waals surface area (Å²) in [5.41, 5.74) is 1.51. The van der Waals surface area contributed by atoms with E-state index in [-0.39, 0.29) is 23.5 Å². The van der Waals surface area contributed by atoms with Crippen LogP contribution in [0.4, 0.5) is 5.69 Å². The van der Waals surface area contributed by atoms with Crippen molar-refractivity contribution in [2.24, 2.45) is 5.92 Å². The van der Waals surface area contributed by atoms with E-state index in [1.165, 1.54) is 6.92 Å². The van der Waals surface area contributed by atoms with Gasteiger partial charge in [-0.05, 0) is 56.2 Å². The lowest BCUT2D eigenvalue weighted by atomic mass is 10.0. The average Bonchev–Trinajstić information content (AvgIpc) is 2.66. The molecule has 0 fully saturated rings. The van der Waals surface area contributed by atoms with Crippen LogP contribution in [-0.4, -0.2) is 30.2 Å². The maximum atomic E-state index is 12.7. The van der Waals surface area contributed by atoms with Crippen LogP contribution in [0.3, 0.4) is 0 Å². The summed E-state index contributed by atoms with van der Waals surface area (Å²) >= 11 is 0. The zero-order chi connectivity index (χ0) is 20.7. The monoisotopic (exact) mass is 382 g/mol. The van der Waals surface area contributed by atoms with Gasteiger partial charge in [0.2, 0.25) is 5.91 Å². The standard InChI is InChI=1S/C22H26N2O4/c1-5-28-19-9-7-6-8-18(19)21(26)24-20(14(2)3)22(27)23-17-12-10-16(11-13-17)15(4)25/h6-14,20H,5H2,1-4H3,(H,23,27)(H,24,26)/t20-/m0/s1. The minimum absolute atomic E-state index is 0.0434. The number of hydrogen-bond acceptors (Lipinski definition) is 4. The second-order valence-electron chi connectivity index (χ2n) is 6.75. The Bertz CT molecular complexity index is 844. The number of ether oxygens (including phenoxy) is 1. The van der Waals surface area contributed by atoms with Gasteiger partial charge in [-0.15, -0.1) is 0 Å². The molecule has 0 bridgehead atoms. The maximum absolute atomic E-state index is 12.7. The maximum Gasteiger partial charge on any atom is 0.255 e. The van der Waals surface area contributed by atoms with Crippen molar-refractivity contribution >= 4 is 23.3 Å². The molecule has 0 aromatic heterocycles. The molecule has 6 heteroatoms. The molecule has 6 nitrogen and oxygen atoms in total. The Labute approximate surface area is 165 Å². The van der Waals surface area contributed by atoms with Crippen LogP contribution in [0, 0.1) is 5.92 Å². The molecule has 0 unspecified atom stereocenters. The fraction of sp³-hybridized carbons (Fsp3) is 0.318. The van der Waals surface area contributed by atoms with Crippen LogP contribution in [0.5, 0.6) is 5.75 Å². The highest BCUT2D eigenvalue weighted by molar-refractivity contribution is 6.02. The number of Topliss-reactive ketones (excluding diaryl/α,β-unsaturated/α-hetero) is 1. The predicted molar refractivity (Wildman–Crippen MR) is 109 cm³/mol. The van der Waals surface area contributed by atoms with Crippen molar-refractivity contribution in [3.05, 3.63) is 59.7 Å². The summed E-state index contributed by atoms with van der Waals surface area (Å²) in [5.74, 6) is -0.388. The van der Waals surface area contributed by atoms with Crippen LogP contribution in [-0.2, 0) is 4.79 Å². The Hall–Kier alpha value is -3.15. The van der Waals surface area contributed by atoms with Gasteiger partial charge in [0.25, 0.3) is 5.91 Å². The molecule has 148 valence electrons. The van der Waals surface area contributed by atoms with Gasteiger partial charge in [-0.2, -0.15) is 0 Å². The van der Waals surface area contributed by atoms with Crippen molar-refractivity contribution in [2.45, 2.75) is 33.7 Å². The number of benzene rings is 2. The second kappa shape index (κ2) is 9.69. The summed E-state index contributed by atoms with van der Waals surface area (Å²) in [7, 11) is 0. The highest BCUT2D eigenvalue weighted by atomic mass is 16.5. The molecule has 0 radical (unpaired) electrons. The number of carbonyl (C=O) groups is 3. The Morgan fingerprint density at radius 3 is 2.21 bits per heavy atom. The highest BCUT2D eigenvalue weighted by Crippen LogP contribution is 2.19. The molecule has 2 rings (SSSR count). The number of rotatable bonds is 8. The number of hydrogen-bond donors (Lipinski definition) is 2. The predicted octanol–water partition coefficient (Wildman–Crippen LogP) is 3.68. The Balaban J connectivity index is 2.13. The first-order valence-corrected chi connectivity index (χ1v) is 9.28.